The van der Waals surface area contributed by atoms with Crippen LogP contribution in [-0.2, 0) is 11.3 Å². The zero-order chi connectivity index (χ0) is 8.55. The smallest absolute Gasteiger partial charge is 0.269 e. The summed E-state index contributed by atoms with van der Waals surface area (Å²) in [6.45, 7) is 0.360. The minimum absolute atomic E-state index is 0.249. The molecule has 12 heavy (non-hydrogen) atoms. The summed E-state index contributed by atoms with van der Waals surface area (Å²) in [5.74, 6) is -0.249. The molecule has 0 atom stereocenters. The molecule has 1 aromatic carbocycles. The fourth-order valence-electron chi connectivity index (χ4n) is 1.33. The molecule has 0 unspecified atom stereocenters. The molecule has 0 fully saturated rings. The monoisotopic (exact) mass is 160 g/mol. The molecular formula is C9H6NO2. The van der Waals surface area contributed by atoms with Crippen molar-refractivity contribution < 1.29 is 9.59 Å². The van der Waals surface area contributed by atoms with Crippen molar-refractivity contribution in [3.05, 3.63) is 35.4 Å². The average molecular weight is 160 g/mol. The molecule has 1 aliphatic heterocycles. The van der Waals surface area contributed by atoms with Gasteiger partial charge in [-0.2, -0.15) is 0 Å². The Bertz CT molecular complexity index is 346. The molecule has 3 heteroatoms. The second kappa shape index (κ2) is 2.44. The number of rotatable bonds is 1. The molecule has 1 radical (unpaired) electrons. The lowest BCUT2D eigenvalue weighted by Gasteiger charge is -2.00. The van der Waals surface area contributed by atoms with Crippen LogP contribution in [0.25, 0.3) is 0 Å². The molecule has 0 aromatic heterocycles. The highest BCUT2D eigenvalue weighted by Crippen LogP contribution is 2.20. The third-order valence-corrected chi connectivity index (χ3v) is 1.93. The Morgan fingerprint density at radius 3 is 2.75 bits per heavy atom. The highest BCUT2D eigenvalue weighted by atomic mass is 16.2. The van der Waals surface area contributed by atoms with Crippen molar-refractivity contribution >= 4 is 12.3 Å². The number of hydrogen-bond donors (Lipinski definition) is 0. The van der Waals surface area contributed by atoms with Gasteiger partial charge in [0, 0.05) is 5.56 Å². The fraction of sp³-hybridized carbons (Fsp3) is 0.111. The first kappa shape index (κ1) is 7.03. The van der Waals surface area contributed by atoms with E-state index >= 15 is 0 Å². The minimum atomic E-state index is -0.249. The van der Waals surface area contributed by atoms with Gasteiger partial charge in [0.2, 0.25) is 0 Å². The summed E-state index contributed by atoms with van der Waals surface area (Å²) < 4.78 is 0. The van der Waals surface area contributed by atoms with Gasteiger partial charge in [-0.05, 0) is 11.6 Å². The number of carbonyl (C=O) groups is 1. The molecule has 3 nitrogen and oxygen atoms in total. The third-order valence-electron chi connectivity index (χ3n) is 1.93. The Morgan fingerprint density at radius 2 is 2.08 bits per heavy atom. The van der Waals surface area contributed by atoms with E-state index in [0.29, 0.717) is 12.1 Å². The lowest BCUT2D eigenvalue weighted by molar-refractivity contribution is 0.0862. The number of amides is 2. The van der Waals surface area contributed by atoms with E-state index in [1.54, 1.807) is 18.5 Å². The zero-order valence-corrected chi connectivity index (χ0v) is 6.28. The summed E-state index contributed by atoms with van der Waals surface area (Å²) in [6, 6.07) is 7.19. The van der Waals surface area contributed by atoms with Crippen LogP contribution in [-0.4, -0.2) is 17.2 Å². The molecule has 0 spiro atoms. The maximum absolute atomic E-state index is 11.3. The average Bonchev–Trinajstić information content (AvgIpc) is 2.44. The molecular weight excluding hydrogens is 154 g/mol. The standard InChI is InChI=1S/C9H6NO2/c11-6-10-5-7-3-1-2-4-8(7)9(10)12/h1-4H,5H2. The first-order chi connectivity index (χ1) is 5.83. The van der Waals surface area contributed by atoms with E-state index in [9.17, 15) is 9.59 Å². The fourth-order valence-corrected chi connectivity index (χ4v) is 1.33. The highest BCUT2D eigenvalue weighted by Gasteiger charge is 2.26. The van der Waals surface area contributed by atoms with Crippen molar-refractivity contribution in [1.29, 1.82) is 0 Å². The lowest BCUT2D eigenvalue weighted by Crippen LogP contribution is -2.21. The van der Waals surface area contributed by atoms with Crippen molar-refractivity contribution in [3.8, 4) is 0 Å². The quantitative estimate of drug-likeness (QED) is 0.606. The molecule has 2 rings (SSSR count). The van der Waals surface area contributed by atoms with Crippen LogP contribution >= 0.6 is 0 Å². The van der Waals surface area contributed by atoms with E-state index in [-0.39, 0.29) is 5.91 Å². The minimum Gasteiger partial charge on any atom is -0.269 e. The summed E-state index contributed by atoms with van der Waals surface area (Å²) in [7, 11) is 0. The third kappa shape index (κ3) is 0.830. The Balaban J connectivity index is 2.49. The Kier molecular flexibility index (Phi) is 1.43. The molecule has 0 saturated heterocycles. The van der Waals surface area contributed by atoms with Crippen LogP contribution in [0.1, 0.15) is 15.9 Å². The second-order valence-electron chi connectivity index (χ2n) is 2.64. The van der Waals surface area contributed by atoms with Gasteiger partial charge in [0.25, 0.3) is 5.91 Å². The summed E-state index contributed by atoms with van der Waals surface area (Å²) in [5.41, 5.74) is 1.51. The van der Waals surface area contributed by atoms with Crippen LogP contribution in [0.5, 0.6) is 0 Å². The SMILES string of the molecule is O=[C]N1Cc2ccccc2C1=O. The largest absolute Gasteiger partial charge is 0.319 e. The maximum atomic E-state index is 11.3. The molecule has 59 valence electrons. The number of nitrogens with zero attached hydrogens (tertiary/aromatic N) is 1. The number of benzene rings is 1. The van der Waals surface area contributed by atoms with Gasteiger partial charge < -0.3 is 0 Å². The van der Waals surface area contributed by atoms with Gasteiger partial charge in [0.05, 0.1) is 6.54 Å². The Hall–Kier alpha value is -1.64. The van der Waals surface area contributed by atoms with Crippen molar-refractivity contribution in [3.63, 3.8) is 0 Å². The zero-order valence-electron chi connectivity index (χ0n) is 6.28. The number of hydrogen-bond acceptors (Lipinski definition) is 2. The molecule has 1 aromatic rings. The summed E-state index contributed by atoms with van der Waals surface area (Å²) in [5, 5.41) is 0. The molecule has 1 aliphatic rings. The van der Waals surface area contributed by atoms with Gasteiger partial charge in [-0.15, -0.1) is 0 Å². The van der Waals surface area contributed by atoms with E-state index in [1.807, 2.05) is 12.1 Å². The van der Waals surface area contributed by atoms with Crippen molar-refractivity contribution in [1.82, 2.24) is 4.90 Å². The van der Waals surface area contributed by atoms with E-state index in [2.05, 4.69) is 0 Å². The van der Waals surface area contributed by atoms with Crippen molar-refractivity contribution in [2.75, 3.05) is 0 Å². The number of carbonyl (C=O) groups excluding carboxylic acids is 2. The van der Waals surface area contributed by atoms with Gasteiger partial charge in [-0.25, -0.2) is 0 Å². The maximum Gasteiger partial charge on any atom is 0.319 e. The lowest BCUT2D eigenvalue weighted by atomic mass is 10.1. The topological polar surface area (TPSA) is 37.4 Å². The molecule has 0 N–H and O–H groups in total. The predicted octanol–water partition coefficient (Wildman–Crippen LogP) is 0.710. The highest BCUT2D eigenvalue weighted by molar-refractivity contribution is 6.03. The first-order valence-corrected chi connectivity index (χ1v) is 3.60. The Morgan fingerprint density at radius 1 is 1.33 bits per heavy atom. The van der Waals surface area contributed by atoms with E-state index in [0.717, 1.165) is 10.5 Å². The van der Waals surface area contributed by atoms with Crippen LogP contribution in [0.3, 0.4) is 0 Å². The summed E-state index contributed by atoms with van der Waals surface area (Å²) in [6.07, 6.45) is 1.59. The van der Waals surface area contributed by atoms with Gasteiger partial charge in [-0.3, -0.25) is 14.5 Å². The first-order valence-electron chi connectivity index (χ1n) is 3.60. The van der Waals surface area contributed by atoms with Crippen LogP contribution in [0.2, 0.25) is 0 Å². The van der Waals surface area contributed by atoms with Crippen LogP contribution in [0.4, 0.5) is 0 Å². The van der Waals surface area contributed by atoms with E-state index < -0.39 is 0 Å². The van der Waals surface area contributed by atoms with Gasteiger partial charge in [-0.1, -0.05) is 18.2 Å². The Labute approximate surface area is 69.6 Å². The number of imide groups is 1. The van der Waals surface area contributed by atoms with Gasteiger partial charge in [0.1, 0.15) is 0 Å². The molecule has 0 saturated carbocycles. The van der Waals surface area contributed by atoms with Crippen molar-refractivity contribution in [2.45, 2.75) is 6.54 Å². The summed E-state index contributed by atoms with van der Waals surface area (Å²) >= 11 is 0. The van der Waals surface area contributed by atoms with Crippen molar-refractivity contribution in [2.24, 2.45) is 0 Å². The molecule has 1 heterocycles. The van der Waals surface area contributed by atoms with Crippen LogP contribution in [0.15, 0.2) is 24.3 Å². The molecule has 2 amide bonds. The molecule has 0 bridgehead atoms. The van der Waals surface area contributed by atoms with Crippen LogP contribution in [0, 0.1) is 0 Å². The predicted molar refractivity (Wildman–Crippen MR) is 42.0 cm³/mol. The normalized spacial score (nSPS) is 14.7. The summed E-state index contributed by atoms with van der Waals surface area (Å²) in [4.78, 5) is 22.6. The number of fused-ring (bicyclic) bond motifs is 1. The molecule has 0 aliphatic carbocycles. The van der Waals surface area contributed by atoms with E-state index in [4.69, 9.17) is 0 Å². The van der Waals surface area contributed by atoms with E-state index in [1.165, 1.54) is 0 Å². The van der Waals surface area contributed by atoms with Gasteiger partial charge in [0.15, 0.2) is 0 Å². The van der Waals surface area contributed by atoms with Gasteiger partial charge >= 0.3 is 6.41 Å². The van der Waals surface area contributed by atoms with Crippen LogP contribution < -0.4 is 0 Å². The second-order valence-corrected chi connectivity index (χ2v) is 2.64.